The van der Waals surface area contributed by atoms with E-state index in [2.05, 4.69) is 37.4 Å². The molecule has 0 amide bonds. The number of hydrogen-bond donors (Lipinski definition) is 2. The average molecular weight is 293 g/mol. The second kappa shape index (κ2) is 6.19. The second-order valence-corrected chi connectivity index (χ2v) is 6.66. The van der Waals surface area contributed by atoms with Crippen LogP contribution in [-0.4, -0.2) is 28.9 Å². The van der Waals surface area contributed by atoms with Crippen LogP contribution in [0.5, 0.6) is 0 Å². The molecule has 1 atom stereocenters. The van der Waals surface area contributed by atoms with Gasteiger partial charge in [-0.3, -0.25) is 4.79 Å². The molecule has 0 aliphatic heterocycles. The van der Waals surface area contributed by atoms with Gasteiger partial charge in [-0.15, -0.1) is 11.8 Å². The summed E-state index contributed by atoms with van der Waals surface area (Å²) in [5.41, 5.74) is 1.66. The van der Waals surface area contributed by atoms with Crippen LogP contribution in [-0.2, 0) is 4.79 Å². The number of thioether (sulfide) groups is 1. The summed E-state index contributed by atoms with van der Waals surface area (Å²) in [6.45, 7) is 6.81. The van der Waals surface area contributed by atoms with Crippen molar-refractivity contribution < 1.29 is 9.90 Å². The Balaban J connectivity index is 2.16. The summed E-state index contributed by atoms with van der Waals surface area (Å²) in [5, 5.41) is 12.9. The fourth-order valence-corrected chi connectivity index (χ4v) is 3.98. The summed E-state index contributed by atoms with van der Waals surface area (Å²) in [5.74, 6) is 0.155. The number of nitrogens with one attached hydrogen (secondary N) is 1. The monoisotopic (exact) mass is 293 g/mol. The first-order chi connectivity index (χ1) is 9.49. The van der Waals surface area contributed by atoms with Gasteiger partial charge in [0.1, 0.15) is 5.54 Å². The van der Waals surface area contributed by atoms with E-state index < -0.39 is 11.5 Å². The molecule has 0 radical (unpaired) electrons. The lowest BCUT2D eigenvalue weighted by Crippen LogP contribution is -2.56. The molecular formula is C16H23NO2S. The molecule has 1 aromatic carbocycles. The first-order valence-electron chi connectivity index (χ1n) is 7.18. The maximum Gasteiger partial charge on any atom is 0.325 e. The lowest BCUT2D eigenvalue weighted by atomic mass is 9.96. The van der Waals surface area contributed by atoms with Gasteiger partial charge in [-0.05, 0) is 50.8 Å². The molecule has 2 N–H and O–H groups in total. The van der Waals surface area contributed by atoms with Crippen molar-refractivity contribution in [3.63, 3.8) is 0 Å². The van der Waals surface area contributed by atoms with Gasteiger partial charge in [0.15, 0.2) is 0 Å². The van der Waals surface area contributed by atoms with Crippen molar-refractivity contribution in [1.29, 1.82) is 0 Å². The van der Waals surface area contributed by atoms with Gasteiger partial charge in [-0.2, -0.15) is 0 Å². The Bertz CT molecular complexity index is 499. The zero-order chi connectivity index (χ0) is 14.8. The number of likely N-dealkylation sites (N-methyl/N-ethyl adjacent to an activating group) is 1. The van der Waals surface area contributed by atoms with Crippen LogP contribution < -0.4 is 5.32 Å². The summed E-state index contributed by atoms with van der Waals surface area (Å²) < 4.78 is 0. The number of aliphatic carboxylic acids is 1. The average Bonchev–Trinajstić information content (AvgIpc) is 3.22. The van der Waals surface area contributed by atoms with Crippen molar-refractivity contribution in [2.75, 3.05) is 12.3 Å². The van der Waals surface area contributed by atoms with Gasteiger partial charge >= 0.3 is 5.97 Å². The van der Waals surface area contributed by atoms with E-state index in [1.54, 1.807) is 11.8 Å². The van der Waals surface area contributed by atoms with Crippen LogP contribution >= 0.6 is 11.8 Å². The summed E-state index contributed by atoms with van der Waals surface area (Å²) >= 11 is 1.66. The highest BCUT2D eigenvalue weighted by Gasteiger charge is 2.50. The molecule has 1 aromatic rings. The first kappa shape index (κ1) is 15.4. The van der Waals surface area contributed by atoms with E-state index >= 15 is 0 Å². The van der Waals surface area contributed by atoms with Crippen molar-refractivity contribution in [3.05, 3.63) is 29.3 Å². The fourth-order valence-electron chi connectivity index (χ4n) is 2.57. The van der Waals surface area contributed by atoms with Gasteiger partial charge < -0.3 is 10.4 Å². The third kappa shape index (κ3) is 3.18. The summed E-state index contributed by atoms with van der Waals surface area (Å²) in [7, 11) is 0. The van der Waals surface area contributed by atoms with Crippen molar-refractivity contribution in [2.45, 2.75) is 44.0 Å². The van der Waals surface area contributed by atoms with Crippen molar-refractivity contribution in [2.24, 2.45) is 5.92 Å². The number of benzene rings is 1. The lowest BCUT2D eigenvalue weighted by molar-refractivity contribution is -0.144. The number of carboxylic acid groups (broad SMARTS) is 1. The van der Waals surface area contributed by atoms with Crippen LogP contribution in [0.3, 0.4) is 0 Å². The quantitative estimate of drug-likeness (QED) is 0.758. The number of rotatable bonds is 7. The summed E-state index contributed by atoms with van der Waals surface area (Å²) in [4.78, 5) is 13.0. The molecule has 3 nitrogen and oxygen atoms in total. The molecule has 20 heavy (non-hydrogen) atoms. The van der Waals surface area contributed by atoms with Crippen LogP contribution in [0.4, 0.5) is 0 Å². The maximum absolute atomic E-state index is 11.8. The predicted molar refractivity (Wildman–Crippen MR) is 83.4 cm³/mol. The summed E-state index contributed by atoms with van der Waals surface area (Å²) in [6.07, 6.45) is 2.04. The molecule has 0 saturated heterocycles. The Labute approximate surface area is 125 Å². The predicted octanol–water partition coefficient (Wildman–Crippen LogP) is 3.24. The van der Waals surface area contributed by atoms with Gasteiger partial charge in [0.25, 0.3) is 0 Å². The highest BCUT2D eigenvalue weighted by molar-refractivity contribution is 7.99. The molecule has 1 aliphatic rings. The number of hydrogen-bond acceptors (Lipinski definition) is 3. The highest BCUT2D eigenvalue weighted by atomic mass is 32.2. The smallest absolute Gasteiger partial charge is 0.325 e. The fraction of sp³-hybridized carbons (Fsp3) is 0.562. The van der Waals surface area contributed by atoms with Gasteiger partial charge in [0, 0.05) is 10.6 Å². The Morgan fingerprint density at radius 3 is 2.70 bits per heavy atom. The third-order valence-electron chi connectivity index (χ3n) is 3.95. The Morgan fingerprint density at radius 1 is 1.45 bits per heavy atom. The number of carbonyl (C=O) groups is 1. The molecule has 0 spiro atoms. The van der Waals surface area contributed by atoms with E-state index in [0.29, 0.717) is 12.3 Å². The normalized spacial score (nSPS) is 17.8. The topological polar surface area (TPSA) is 49.3 Å². The molecule has 1 saturated carbocycles. The minimum absolute atomic E-state index is 0.276. The zero-order valence-electron chi connectivity index (χ0n) is 12.4. The van der Waals surface area contributed by atoms with Crippen LogP contribution in [0, 0.1) is 19.8 Å². The van der Waals surface area contributed by atoms with Crippen molar-refractivity contribution >= 4 is 17.7 Å². The van der Waals surface area contributed by atoms with E-state index in [-0.39, 0.29) is 5.92 Å². The molecule has 4 heteroatoms. The van der Waals surface area contributed by atoms with Gasteiger partial charge in [-0.1, -0.05) is 24.6 Å². The first-order valence-corrected chi connectivity index (χ1v) is 8.16. The third-order valence-corrected chi connectivity index (χ3v) is 5.30. The van der Waals surface area contributed by atoms with Gasteiger partial charge in [0.05, 0.1) is 0 Å². The Morgan fingerprint density at radius 2 is 2.15 bits per heavy atom. The Kier molecular flexibility index (Phi) is 4.76. The minimum atomic E-state index is -0.768. The van der Waals surface area contributed by atoms with E-state index in [9.17, 15) is 9.90 Å². The van der Waals surface area contributed by atoms with Crippen molar-refractivity contribution in [3.8, 4) is 0 Å². The molecule has 0 bridgehead atoms. The zero-order valence-corrected chi connectivity index (χ0v) is 13.2. The van der Waals surface area contributed by atoms with Crippen LogP contribution in [0.2, 0.25) is 0 Å². The molecule has 1 fully saturated rings. The van der Waals surface area contributed by atoms with Gasteiger partial charge in [-0.25, -0.2) is 0 Å². The molecule has 0 aromatic heterocycles. The SMILES string of the molecule is CCNC(CSc1cc(C)ccc1C)(C(=O)O)C1CC1. The minimum Gasteiger partial charge on any atom is -0.480 e. The number of aryl methyl sites for hydroxylation is 2. The maximum atomic E-state index is 11.8. The molecule has 1 unspecified atom stereocenters. The standard InChI is InChI=1S/C16H23NO2S/c1-4-17-16(15(18)19,13-7-8-13)10-20-14-9-11(2)5-6-12(14)3/h5-6,9,13,17H,4,7-8,10H2,1-3H3,(H,18,19). The largest absolute Gasteiger partial charge is 0.480 e. The van der Waals surface area contributed by atoms with E-state index in [1.165, 1.54) is 16.0 Å². The van der Waals surface area contributed by atoms with Crippen LogP contribution in [0.25, 0.3) is 0 Å². The van der Waals surface area contributed by atoms with E-state index in [0.717, 1.165) is 12.8 Å². The lowest BCUT2D eigenvalue weighted by Gasteiger charge is -2.30. The van der Waals surface area contributed by atoms with E-state index in [4.69, 9.17) is 0 Å². The summed E-state index contributed by atoms with van der Waals surface area (Å²) in [6, 6.07) is 6.34. The molecule has 110 valence electrons. The van der Waals surface area contributed by atoms with Gasteiger partial charge in [0.2, 0.25) is 0 Å². The molecule has 1 aliphatic carbocycles. The Hall–Kier alpha value is -1.00. The molecule has 0 heterocycles. The highest BCUT2D eigenvalue weighted by Crippen LogP contribution is 2.43. The molecular weight excluding hydrogens is 270 g/mol. The van der Waals surface area contributed by atoms with E-state index in [1.807, 2.05) is 6.92 Å². The molecule has 2 rings (SSSR count). The van der Waals surface area contributed by atoms with Crippen molar-refractivity contribution in [1.82, 2.24) is 5.32 Å². The van der Waals surface area contributed by atoms with Crippen LogP contribution in [0.15, 0.2) is 23.1 Å². The van der Waals surface area contributed by atoms with Crippen LogP contribution in [0.1, 0.15) is 30.9 Å². The number of carboxylic acids is 1. The second-order valence-electron chi connectivity index (χ2n) is 5.64.